The van der Waals surface area contributed by atoms with Gasteiger partial charge in [-0.1, -0.05) is 18.7 Å². The standard InChI is InChI=1S/C12H20N4O2S/c1-3-6-13-10-14-11(17-2)16-12(15-10)19-9-4-7-18-8-5-9/h9H,3-8H2,1-2H3,(H,13,14,15,16). The lowest BCUT2D eigenvalue weighted by Crippen LogP contribution is -2.18. The van der Waals surface area contributed by atoms with Gasteiger partial charge in [-0.3, -0.25) is 0 Å². The molecule has 106 valence electrons. The van der Waals surface area contributed by atoms with Gasteiger partial charge in [-0.05, 0) is 19.3 Å². The van der Waals surface area contributed by atoms with E-state index in [1.807, 2.05) is 0 Å². The molecule has 0 aliphatic carbocycles. The predicted molar refractivity (Wildman–Crippen MR) is 74.9 cm³/mol. The van der Waals surface area contributed by atoms with Gasteiger partial charge in [0.25, 0.3) is 0 Å². The zero-order chi connectivity index (χ0) is 13.5. The van der Waals surface area contributed by atoms with Gasteiger partial charge < -0.3 is 14.8 Å². The molecule has 0 atom stereocenters. The Kier molecular flexibility index (Phi) is 5.65. The van der Waals surface area contributed by atoms with Crippen molar-refractivity contribution in [3.8, 4) is 6.01 Å². The second kappa shape index (κ2) is 7.49. The first-order chi connectivity index (χ1) is 9.31. The zero-order valence-corrected chi connectivity index (χ0v) is 12.2. The van der Waals surface area contributed by atoms with Gasteiger partial charge >= 0.3 is 6.01 Å². The molecule has 1 aromatic heterocycles. The first kappa shape index (κ1) is 14.3. The minimum Gasteiger partial charge on any atom is -0.467 e. The first-order valence-corrected chi connectivity index (χ1v) is 7.48. The van der Waals surface area contributed by atoms with Crippen LogP contribution in [-0.2, 0) is 4.74 Å². The van der Waals surface area contributed by atoms with Crippen LogP contribution in [0.1, 0.15) is 26.2 Å². The Bertz CT molecular complexity index is 399. The van der Waals surface area contributed by atoms with Crippen molar-refractivity contribution < 1.29 is 9.47 Å². The molecule has 1 aliphatic rings. The fourth-order valence-electron chi connectivity index (χ4n) is 1.74. The van der Waals surface area contributed by atoms with E-state index < -0.39 is 0 Å². The van der Waals surface area contributed by atoms with E-state index in [0.29, 0.717) is 17.2 Å². The number of methoxy groups -OCH3 is 1. The molecule has 0 spiro atoms. The normalized spacial score (nSPS) is 16.3. The highest BCUT2D eigenvalue weighted by molar-refractivity contribution is 7.99. The van der Waals surface area contributed by atoms with Crippen LogP contribution in [-0.4, -0.2) is 47.1 Å². The van der Waals surface area contributed by atoms with E-state index in [9.17, 15) is 0 Å². The summed E-state index contributed by atoms with van der Waals surface area (Å²) in [6, 6.07) is 0.364. The van der Waals surface area contributed by atoms with Gasteiger partial charge in [0.05, 0.1) is 7.11 Å². The molecule has 19 heavy (non-hydrogen) atoms. The molecule has 0 bridgehead atoms. The molecule has 2 heterocycles. The second-order valence-corrected chi connectivity index (χ2v) is 5.55. The molecule has 0 saturated carbocycles. The van der Waals surface area contributed by atoms with Gasteiger partial charge in [-0.2, -0.15) is 15.0 Å². The largest absolute Gasteiger partial charge is 0.467 e. The van der Waals surface area contributed by atoms with Gasteiger partial charge in [0.1, 0.15) is 0 Å². The highest BCUT2D eigenvalue weighted by Crippen LogP contribution is 2.28. The molecule has 1 aromatic rings. The first-order valence-electron chi connectivity index (χ1n) is 6.60. The zero-order valence-electron chi connectivity index (χ0n) is 11.4. The molecule has 6 nitrogen and oxygen atoms in total. The number of hydrogen-bond donors (Lipinski definition) is 1. The van der Waals surface area contributed by atoms with Crippen molar-refractivity contribution in [2.24, 2.45) is 0 Å². The van der Waals surface area contributed by atoms with E-state index in [0.717, 1.165) is 44.2 Å². The molecule has 1 saturated heterocycles. The fourth-order valence-corrected chi connectivity index (χ4v) is 2.74. The summed E-state index contributed by atoms with van der Waals surface area (Å²) in [5.41, 5.74) is 0. The average Bonchev–Trinajstić information content (AvgIpc) is 2.46. The van der Waals surface area contributed by atoms with Crippen LogP contribution in [0.15, 0.2) is 5.16 Å². The third kappa shape index (κ3) is 4.50. The number of rotatable bonds is 6. The summed E-state index contributed by atoms with van der Waals surface area (Å²) in [6.45, 7) is 4.58. The average molecular weight is 284 g/mol. The van der Waals surface area contributed by atoms with Crippen LogP contribution >= 0.6 is 11.8 Å². The minimum atomic E-state index is 0.364. The van der Waals surface area contributed by atoms with Crippen LogP contribution in [0.4, 0.5) is 5.95 Å². The lowest BCUT2D eigenvalue weighted by Gasteiger charge is -2.20. The number of anilines is 1. The van der Waals surface area contributed by atoms with Crippen molar-refractivity contribution >= 4 is 17.7 Å². The molecule has 1 aliphatic heterocycles. The van der Waals surface area contributed by atoms with Crippen LogP contribution in [0.3, 0.4) is 0 Å². The Morgan fingerprint density at radius 2 is 2.11 bits per heavy atom. The summed E-state index contributed by atoms with van der Waals surface area (Å²) in [5.74, 6) is 0.586. The maximum Gasteiger partial charge on any atom is 0.321 e. The summed E-state index contributed by atoms with van der Waals surface area (Å²) >= 11 is 1.68. The van der Waals surface area contributed by atoms with Gasteiger partial charge in [0.2, 0.25) is 5.95 Å². The number of nitrogens with zero attached hydrogens (tertiary/aromatic N) is 3. The van der Waals surface area contributed by atoms with E-state index in [2.05, 4.69) is 27.2 Å². The summed E-state index contributed by atoms with van der Waals surface area (Å²) in [5, 5.41) is 4.40. The molecule has 7 heteroatoms. The molecule has 0 amide bonds. The van der Waals surface area contributed by atoms with E-state index >= 15 is 0 Å². The lowest BCUT2D eigenvalue weighted by molar-refractivity contribution is 0.1000. The summed E-state index contributed by atoms with van der Waals surface area (Å²) in [4.78, 5) is 12.9. The molecular weight excluding hydrogens is 264 g/mol. The Labute approximate surface area is 117 Å². The number of aromatic nitrogens is 3. The number of hydrogen-bond acceptors (Lipinski definition) is 7. The SMILES string of the molecule is CCCNc1nc(OC)nc(SC2CCOCC2)n1. The van der Waals surface area contributed by atoms with E-state index in [4.69, 9.17) is 9.47 Å². The van der Waals surface area contributed by atoms with Crippen molar-refractivity contribution in [3.63, 3.8) is 0 Å². The van der Waals surface area contributed by atoms with Crippen molar-refractivity contribution in [1.82, 2.24) is 15.0 Å². The van der Waals surface area contributed by atoms with E-state index in [1.54, 1.807) is 18.9 Å². The number of ether oxygens (including phenoxy) is 2. The van der Waals surface area contributed by atoms with Crippen molar-refractivity contribution in [3.05, 3.63) is 0 Å². The maximum absolute atomic E-state index is 5.36. The van der Waals surface area contributed by atoms with Gasteiger partial charge in [0, 0.05) is 25.0 Å². The van der Waals surface area contributed by atoms with Gasteiger partial charge in [0.15, 0.2) is 5.16 Å². The van der Waals surface area contributed by atoms with Crippen LogP contribution in [0.25, 0.3) is 0 Å². The lowest BCUT2D eigenvalue weighted by atomic mass is 10.2. The number of nitrogens with one attached hydrogen (secondary N) is 1. The third-order valence-electron chi connectivity index (χ3n) is 2.75. The smallest absolute Gasteiger partial charge is 0.321 e. The highest BCUT2D eigenvalue weighted by Gasteiger charge is 2.17. The second-order valence-electron chi connectivity index (χ2n) is 4.28. The van der Waals surface area contributed by atoms with Gasteiger partial charge in [-0.25, -0.2) is 0 Å². The summed E-state index contributed by atoms with van der Waals surface area (Å²) < 4.78 is 10.5. The summed E-state index contributed by atoms with van der Waals surface area (Å²) in [6.07, 6.45) is 3.10. The third-order valence-corrected chi connectivity index (χ3v) is 3.95. The number of thioether (sulfide) groups is 1. The van der Waals surface area contributed by atoms with Crippen molar-refractivity contribution in [2.45, 2.75) is 36.6 Å². The Morgan fingerprint density at radius 1 is 1.32 bits per heavy atom. The molecule has 0 radical (unpaired) electrons. The highest BCUT2D eigenvalue weighted by atomic mass is 32.2. The molecule has 1 fully saturated rings. The summed E-state index contributed by atoms with van der Waals surface area (Å²) in [7, 11) is 1.57. The predicted octanol–water partition coefficient (Wildman–Crippen LogP) is 1.97. The molecule has 0 aromatic carbocycles. The topological polar surface area (TPSA) is 69.2 Å². The monoisotopic (exact) mass is 284 g/mol. The molecule has 1 N–H and O–H groups in total. The fraction of sp³-hybridized carbons (Fsp3) is 0.750. The molecule has 0 unspecified atom stereocenters. The molecule has 2 rings (SSSR count). The van der Waals surface area contributed by atoms with Crippen molar-refractivity contribution in [1.29, 1.82) is 0 Å². The van der Waals surface area contributed by atoms with Crippen LogP contribution < -0.4 is 10.1 Å². The van der Waals surface area contributed by atoms with Crippen LogP contribution in [0.2, 0.25) is 0 Å². The quantitative estimate of drug-likeness (QED) is 0.856. The minimum absolute atomic E-state index is 0.364. The van der Waals surface area contributed by atoms with E-state index in [-0.39, 0.29) is 0 Å². The molecular formula is C12H20N4O2S. The Hall–Kier alpha value is -1.08. The van der Waals surface area contributed by atoms with Crippen LogP contribution in [0.5, 0.6) is 6.01 Å². The van der Waals surface area contributed by atoms with E-state index in [1.165, 1.54) is 0 Å². The van der Waals surface area contributed by atoms with Gasteiger partial charge in [-0.15, -0.1) is 0 Å². The Balaban J connectivity index is 2.04. The van der Waals surface area contributed by atoms with Crippen molar-refractivity contribution in [2.75, 3.05) is 32.2 Å². The Morgan fingerprint density at radius 3 is 2.79 bits per heavy atom. The van der Waals surface area contributed by atoms with Crippen LogP contribution in [0, 0.1) is 0 Å². The maximum atomic E-state index is 5.36.